The van der Waals surface area contributed by atoms with Gasteiger partial charge in [0.25, 0.3) is 0 Å². The van der Waals surface area contributed by atoms with E-state index in [1.807, 2.05) is 0 Å². The average molecular weight is 987 g/mol. The summed E-state index contributed by atoms with van der Waals surface area (Å²) in [5, 5.41) is 13.6. The van der Waals surface area contributed by atoms with E-state index in [2.05, 4.69) is 299 Å². The summed E-state index contributed by atoms with van der Waals surface area (Å²) in [6.07, 6.45) is 0. The molecule has 0 fully saturated rings. The number of fused-ring (bicyclic) bond motifs is 6. The summed E-state index contributed by atoms with van der Waals surface area (Å²) in [6.45, 7) is 28.4. The van der Waals surface area contributed by atoms with Crippen molar-refractivity contribution in [2.75, 3.05) is 0 Å². The lowest BCUT2D eigenvalue weighted by Crippen LogP contribution is -2.43. The monoisotopic (exact) mass is 986 g/mol. The quantitative estimate of drug-likeness (QED) is 0.0885. The van der Waals surface area contributed by atoms with E-state index in [0.717, 1.165) is 76.5 Å². The van der Waals surface area contributed by atoms with Crippen molar-refractivity contribution >= 4 is 80.8 Å². The zero-order valence-electron chi connectivity index (χ0n) is 45.3. The molecule has 0 saturated carbocycles. The highest BCUT2D eigenvalue weighted by atomic mass is 28.3. The van der Waals surface area contributed by atoms with Crippen LogP contribution in [0.2, 0.25) is 33.2 Å². The highest BCUT2D eigenvalue weighted by Gasteiger charge is 2.42. The summed E-state index contributed by atoms with van der Waals surface area (Å²) in [5.41, 5.74) is 17.3. The van der Waals surface area contributed by atoms with Crippen LogP contribution in [0.3, 0.4) is 0 Å². The smallest absolute Gasteiger partial charge is 0.125 e. The molecule has 362 valence electrons. The molecule has 0 aliphatic rings. The van der Waals surface area contributed by atoms with E-state index in [1.54, 1.807) is 0 Å². The van der Waals surface area contributed by atoms with Crippen LogP contribution in [0.25, 0.3) is 64.6 Å². The second-order valence-electron chi connectivity index (χ2n) is 22.0. The Hall–Kier alpha value is -7.67. The molecule has 74 heavy (non-hydrogen) atoms. The molecule has 0 radical (unpaired) electrons. The number of hydrogen-bond donors (Lipinski definition) is 0. The molecule has 0 saturated heterocycles. The van der Waals surface area contributed by atoms with Crippen molar-refractivity contribution in [3.05, 3.63) is 179 Å². The molecule has 0 aromatic heterocycles. The number of hydrogen-bond acceptors (Lipinski definition) is 0. The van der Waals surface area contributed by atoms with Gasteiger partial charge >= 0.3 is 0 Å². The molecule has 0 nitrogen and oxygen atoms in total. The first-order valence-electron chi connectivity index (χ1n) is 26.6. The normalized spacial score (nSPS) is 11.6. The molecule has 0 amide bonds. The lowest BCUT2D eigenvalue weighted by atomic mass is 9.97. The third-order valence-electron chi connectivity index (χ3n) is 16.1. The largest absolute Gasteiger partial charge is 0.146 e. The minimum atomic E-state index is -1.90. The maximum atomic E-state index is 3.95. The van der Waals surface area contributed by atoms with Gasteiger partial charge in [-0.05, 0) is 194 Å². The van der Waals surface area contributed by atoms with Crippen molar-refractivity contribution in [1.82, 2.24) is 0 Å². The van der Waals surface area contributed by atoms with Crippen LogP contribution in [0.5, 0.6) is 0 Å². The van der Waals surface area contributed by atoms with E-state index in [9.17, 15) is 0 Å². The Kier molecular flexibility index (Phi) is 14.8. The van der Waals surface area contributed by atoms with Gasteiger partial charge in [0.05, 0.1) is 0 Å². The Balaban J connectivity index is 1.03. The van der Waals surface area contributed by atoms with E-state index in [0.29, 0.717) is 33.2 Å². The highest BCUT2D eigenvalue weighted by molar-refractivity contribution is 6.91. The number of rotatable bonds is 6. The first kappa shape index (κ1) is 51.2. The molecule has 0 N–H and O–H groups in total. The van der Waals surface area contributed by atoms with Crippen molar-refractivity contribution in [3.63, 3.8) is 0 Å². The molecular formula is C72H66Si2. The zero-order chi connectivity index (χ0) is 52.3. The third kappa shape index (κ3) is 9.79. The van der Waals surface area contributed by atoms with Crippen LogP contribution in [0.15, 0.2) is 146 Å². The van der Waals surface area contributed by atoms with Gasteiger partial charge in [0.15, 0.2) is 0 Å². The van der Waals surface area contributed by atoms with E-state index in [4.69, 9.17) is 0 Å². The predicted octanol–water partition coefficient (Wildman–Crippen LogP) is 18.6. The molecule has 0 bridgehead atoms. The summed E-state index contributed by atoms with van der Waals surface area (Å²) in [5.74, 6) is 34.0. The van der Waals surface area contributed by atoms with Crippen molar-refractivity contribution in [3.8, 4) is 70.3 Å². The maximum absolute atomic E-state index is 3.95. The lowest BCUT2D eigenvalue weighted by Gasteiger charge is -2.38. The van der Waals surface area contributed by atoms with Crippen LogP contribution in [0, 0.1) is 70.3 Å². The van der Waals surface area contributed by atoms with Crippen molar-refractivity contribution in [1.29, 1.82) is 0 Å². The topological polar surface area (TPSA) is 0 Å². The number of benzene rings is 9. The Labute approximate surface area is 443 Å². The summed E-state index contributed by atoms with van der Waals surface area (Å²) >= 11 is 0. The second-order valence-corrected chi connectivity index (χ2v) is 33.2. The minimum Gasteiger partial charge on any atom is -0.125 e. The van der Waals surface area contributed by atoms with Gasteiger partial charge in [-0.2, -0.15) is 0 Å². The molecule has 2 heteroatoms. The molecule has 0 spiro atoms. The predicted molar refractivity (Wildman–Crippen MR) is 328 cm³/mol. The lowest BCUT2D eigenvalue weighted by molar-refractivity contribution is 0.838. The van der Waals surface area contributed by atoms with Crippen LogP contribution in [0.1, 0.15) is 116 Å². The molecule has 0 atom stereocenters. The van der Waals surface area contributed by atoms with Crippen LogP contribution < -0.4 is 0 Å². The maximum Gasteiger partial charge on any atom is 0.146 e. The Bertz CT molecular complexity index is 3780. The van der Waals surface area contributed by atoms with Gasteiger partial charge in [-0.25, -0.2) is 0 Å². The highest BCUT2D eigenvalue weighted by Crippen LogP contribution is 2.42. The van der Waals surface area contributed by atoms with E-state index < -0.39 is 16.1 Å². The first-order chi connectivity index (χ1) is 35.6. The van der Waals surface area contributed by atoms with Gasteiger partial charge in [-0.3, -0.25) is 0 Å². The van der Waals surface area contributed by atoms with E-state index in [-0.39, 0.29) is 0 Å². The third-order valence-corrected chi connectivity index (χ3v) is 28.7. The van der Waals surface area contributed by atoms with Crippen molar-refractivity contribution in [2.45, 2.75) is 116 Å². The second kappa shape index (κ2) is 21.4. The molecule has 0 aliphatic carbocycles. The fourth-order valence-electron chi connectivity index (χ4n) is 12.4. The minimum absolute atomic E-state index is 0.572. The molecule has 9 aromatic carbocycles. The molecule has 0 unspecified atom stereocenters. The summed E-state index contributed by atoms with van der Waals surface area (Å²) < 4.78 is 0. The van der Waals surface area contributed by atoms with Gasteiger partial charge in [0.2, 0.25) is 0 Å². The van der Waals surface area contributed by atoms with Gasteiger partial charge in [-0.1, -0.05) is 191 Å². The molecule has 9 rings (SSSR count). The Morgan fingerprint density at radius 3 is 0.622 bits per heavy atom. The first-order valence-corrected chi connectivity index (χ1v) is 31.1. The van der Waals surface area contributed by atoms with Crippen molar-refractivity contribution in [2.24, 2.45) is 0 Å². The Morgan fingerprint density at radius 1 is 0.243 bits per heavy atom. The Morgan fingerprint density at radius 2 is 0.432 bits per heavy atom. The van der Waals surface area contributed by atoms with Gasteiger partial charge in [0.1, 0.15) is 16.1 Å². The van der Waals surface area contributed by atoms with Crippen LogP contribution >= 0.6 is 0 Å². The van der Waals surface area contributed by atoms with Crippen LogP contribution in [0.4, 0.5) is 0 Å². The van der Waals surface area contributed by atoms with Crippen molar-refractivity contribution < 1.29 is 0 Å². The zero-order valence-corrected chi connectivity index (χ0v) is 47.3. The SMILES string of the molecule is CC(C)[Si](C#Cc1cccc2cc3cccc(C#CC#Cc4cccc5cc6cccc(C#CC#Cc7cccc8cc9cccc(C#C[Si](C(C)C)(C(C)C)C(C)C)c9cc78)c6cc45)c3cc12)(C(C)C)C(C)C. The summed E-state index contributed by atoms with van der Waals surface area (Å²) in [6, 6.07) is 51.8. The van der Waals surface area contributed by atoms with E-state index >= 15 is 0 Å². The molecule has 0 aliphatic heterocycles. The van der Waals surface area contributed by atoms with Crippen LogP contribution in [-0.2, 0) is 0 Å². The average Bonchev–Trinajstić information content (AvgIpc) is 3.37. The summed E-state index contributed by atoms with van der Waals surface area (Å²) in [7, 11) is -3.80. The molecule has 9 aromatic rings. The van der Waals surface area contributed by atoms with Gasteiger partial charge in [-0.15, -0.1) is 11.1 Å². The summed E-state index contributed by atoms with van der Waals surface area (Å²) in [4.78, 5) is 0. The molecule has 0 heterocycles. The fourth-order valence-corrected chi connectivity index (χ4v) is 22.9. The van der Waals surface area contributed by atoms with Crippen LogP contribution in [-0.4, -0.2) is 16.1 Å². The van der Waals surface area contributed by atoms with Gasteiger partial charge < -0.3 is 0 Å². The molecular weight excluding hydrogens is 921 g/mol. The fraction of sp³-hybridized carbons (Fsp3) is 0.250. The van der Waals surface area contributed by atoms with Gasteiger partial charge in [0, 0.05) is 33.4 Å². The van der Waals surface area contributed by atoms with E-state index in [1.165, 1.54) is 21.5 Å². The standard InChI is InChI=1S/C72H66Si2/c1-49(2)73(50(3)4,51(5)6)41-39-59-31-21-37-65-44-63-35-19-29-57(69(63)47-71(59)65)25-15-13-23-55-27-17-33-61-43-62-34-18-28-56(68(62)46-67(55)61)24-14-16-26-58-30-20-36-64-45-66-38-22-32-60(72(66)48-70(58)64)40-42-74(52(7)8,53(9)10)54(11)12/h17-22,27-38,43-54H,1-12H3.